The number of rotatable bonds is 2. The highest BCUT2D eigenvalue weighted by Crippen LogP contribution is 2.21. The number of alkyl halides is 1. The minimum Gasteiger partial charge on any atom is -0.0883 e. The zero-order valence-electron chi connectivity index (χ0n) is 9.13. The number of benzene rings is 1. The fourth-order valence-electron chi connectivity index (χ4n) is 1.25. The molecule has 0 atom stereocenters. The standard InChI is InChI=1S/C14H15Br/c1-14(2,11-7-4-8-12-15)13-9-5-3-6-10-13/h3-6,8-10H,12H2,1-2H3. The quantitative estimate of drug-likeness (QED) is 0.560. The molecular formula is C14H15Br. The van der Waals surface area contributed by atoms with E-state index in [1.807, 2.05) is 30.4 Å². The van der Waals surface area contributed by atoms with Gasteiger partial charge in [-0.05, 0) is 25.5 Å². The van der Waals surface area contributed by atoms with E-state index in [1.165, 1.54) is 5.56 Å². The highest BCUT2D eigenvalue weighted by molar-refractivity contribution is 9.09. The van der Waals surface area contributed by atoms with Gasteiger partial charge in [0, 0.05) is 5.33 Å². The molecule has 0 aliphatic carbocycles. The Morgan fingerprint density at radius 3 is 2.53 bits per heavy atom. The van der Waals surface area contributed by atoms with Gasteiger partial charge in [0.15, 0.2) is 0 Å². The summed E-state index contributed by atoms with van der Waals surface area (Å²) < 4.78 is 0. The van der Waals surface area contributed by atoms with Gasteiger partial charge in [0.25, 0.3) is 0 Å². The molecule has 0 unspecified atom stereocenters. The molecule has 1 aromatic carbocycles. The minimum atomic E-state index is -0.0854. The molecule has 78 valence electrons. The van der Waals surface area contributed by atoms with Gasteiger partial charge in [-0.1, -0.05) is 64.2 Å². The van der Waals surface area contributed by atoms with Crippen LogP contribution in [0.25, 0.3) is 0 Å². The molecule has 0 fully saturated rings. The van der Waals surface area contributed by atoms with Crippen LogP contribution < -0.4 is 0 Å². The van der Waals surface area contributed by atoms with Crippen LogP contribution in [0.1, 0.15) is 19.4 Å². The monoisotopic (exact) mass is 262 g/mol. The average Bonchev–Trinajstić information content (AvgIpc) is 2.26. The molecule has 1 rings (SSSR count). The average molecular weight is 263 g/mol. The molecule has 0 aliphatic rings. The maximum absolute atomic E-state index is 3.32. The van der Waals surface area contributed by atoms with E-state index in [4.69, 9.17) is 0 Å². The Hall–Kier alpha value is -1.00. The van der Waals surface area contributed by atoms with Crippen molar-refractivity contribution in [2.75, 3.05) is 5.33 Å². The molecule has 0 aromatic heterocycles. The van der Waals surface area contributed by atoms with E-state index in [2.05, 4.69) is 53.8 Å². The van der Waals surface area contributed by atoms with E-state index in [0.29, 0.717) is 0 Å². The van der Waals surface area contributed by atoms with Crippen LogP contribution in [0.3, 0.4) is 0 Å². The van der Waals surface area contributed by atoms with Crippen molar-refractivity contribution in [2.45, 2.75) is 19.3 Å². The summed E-state index contributed by atoms with van der Waals surface area (Å²) in [5.41, 5.74) is 1.17. The zero-order valence-corrected chi connectivity index (χ0v) is 10.7. The van der Waals surface area contributed by atoms with Gasteiger partial charge in [-0.25, -0.2) is 0 Å². The molecule has 0 saturated carbocycles. The van der Waals surface area contributed by atoms with E-state index in [-0.39, 0.29) is 5.41 Å². The van der Waals surface area contributed by atoms with E-state index in [1.54, 1.807) is 0 Å². The summed E-state index contributed by atoms with van der Waals surface area (Å²) in [5, 5.41) is 0.855. The molecule has 0 heterocycles. The van der Waals surface area contributed by atoms with Crippen molar-refractivity contribution >= 4 is 15.9 Å². The normalized spacial score (nSPS) is 11.1. The first-order valence-corrected chi connectivity index (χ1v) is 6.08. The third kappa shape index (κ3) is 3.93. The molecule has 0 spiro atoms. The summed E-state index contributed by atoms with van der Waals surface area (Å²) in [4.78, 5) is 0. The topological polar surface area (TPSA) is 0 Å². The summed E-state index contributed by atoms with van der Waals surface area (Å²) in [6, 6.07) is 10.4. The van der Waals surface area contributed by atoms with Gasteiger partial charge in [0.05, 0.1) is 5.41 Å². The number of halogens is 1. The molecule has 1 aromatic rings. The first kappa shape index (κ1) is 12.1. The molecule has 0 amide bonds. The molecule has 1 heteroatoms. The molecule has 0 nitrogen and oxygen atoms in total. The molecule has 0 aliphatic heterocycles. The van der Waals surface area contributed by atoms with Crippen LogP contribution in [0.15, 0.2) is 42.5 Å². The third-order valence-electron chi connectivity index (χ3n) is 2.17. The Labute approximate surface area is 101 Å². The van der Waals surface area contributed by atoms with Crippen molar-refractivity contribution < 1.29 is 0 Å². The van der Waals surface area contributed by atoms with Crippen molar-refractivity contribution in [1.29, 1.82) is 0 Å². The predicted octanol–water partition coefficient (Wildman–Crippen LogP) is 3.92. The summed E-state index contributed by atoms with van der Waals surface area (Å²) in [6.07, 6.45) is 3.88. The van der Waals surface area contributed by atoms with E-state index >= 15 is 0 Å². The molecule has 0 radical (unpaired) electrons. The second-order valence-corrected chi connectivity index (χ2v) is 4.46. The Kier molecular flexibility index (Phi) is 4.65. The maximum Gasteiger partial charge on any atom is 0.0510 e. The van der Waals surface area contributed by atoms with Gasteiger partial charge in [0.2, 0.25) is 0 Å². The van der Waals surface area contributed by atoms with Gasteiger partial charge < -0.3 is 0 Å². The molecule has 0 N–H and O–H groups in total. The first-order chi connectivity index (χ1) is 7.17. The van der Waals surface area contributed by atoms with Crippen LogP contribution in [-0.4, -0.2) is 5.33 Å². The lowest BCUT2D eigenvalue weighted by Gasteiger charge is -2.17. The van der Waals surface area contributed by atoms with E-state index in [0.717, 1.165) is 5.33 Å². The molecule has 0 saturated heterocycles. The van der Waals surface area contributed by atoms with E-state index < -0.39 is 0 Å². The number of hydrogen-bond donors (Lipinski definition) is 0. The van der Waals surface area contributed by atoms with Crippen molar-refractivity contribution in [1.82, 2.24) is 0 Å². The van der Waals surface area contributed by atoms with Crippen LogP contribution in [0.5, 0.6) is 0 Å². The van der Waals surface area contributed by atoms with Gasteiger partial charge in [-0.15, -0.1) is 0 Å². The highest BCUT2D eigenvalue weighted by Gasteiger charge is 2.15. The Morgan fingerprint density at radius 2 is 1.93 bits per heavy atom. The lowest BCUT2D eigenvalue weighted by atomic mass is 9.85. The summed E-state index contributed by atoms with van der Waals surface area (Å²) in [6.45, 7) is 4.27. The lowest BCUT2D eigenvalue weighted by Crippen LogP contribution is -2.13. The van der Waals surface area contributed by atoms with Crippen molar-refractivity contribution in [2.24, 2.45) is 0 Å². The van der Waals surface area contributed by atoms with Crippen LogP contribution in [0, 0.1) is 11.8 Å². The van der Waals surface area contributed by atoms with Crippen molar-refractivity contribution in [3.63, 3.8) is 0 Å². The largest absolute Gasteiger partial charge is 0.0883 e. The van der Waals surface area contributed by atoms with Gasteiger partial charge in [-0.2, -0.15) is 0 Å². The lowest BCUT2D eigenvalue weighted by molar-refractivity contribution is 0.698. The first-order valence-electron chi connectivity index (χ1n) is 4.96. The molecule has 15 heavy (non-hydrogen) atoms. The Bertz CT molecular complexity index is 377. The van der Waals surface area contributed by atoms with Crippen LogP contribution >= 0.6 is 15.9 Å². The fourth-order valence-corrected chi connectivity index (χ4v) is 1.44. The Morgan fingerprint density at radius 1 is 1.27 bits per heavy atom. The summed E-state index contributed by atoms with van der Waals surface area (Å²) in [5.74, 6) is 6.32. The number of hydrogen-bond acceptors (Lipinski definition) is 0. The van der Waals surface area contributed by atoms with Gasteiger partial charge >= 0.3 is 0 Å². The molecule has 0 bridgehead atoms. The Balaban J connectivity index is 2.83. The maximum atomic E-state index is 3.32. The second-order valence-electron chi connectivity index (χ2n) is 3.82. The van der Waals surface area contributed by atoms with Crippen LogP contribution in [0.2, 0.25) is 0 Å². The van der Waals surface area contributed by atoms with Gasteiger partial charge in [-0.3, -0.25) is 0 Å². The fraction of sp³-hybridized carbons (Fsp3) is 0.286. The highest BCUT2D eigenvalue weighted by atomic mass is 79.9. The van der Waals surface area contributed by atoms with E-state index in [9.17, 15) is 0 Å². The van der Waals surface area contributed by atoms with Crippen LogP contribution in [0.4, 0.5) is 0 Å². The van der Waals surface area contributed by atoms with Gasteiger partial charge in [0.1, 0.15) is 0 Å². The van der Waals surface area contributed by atoms with Crippen molar-refractivity contribution in [3.8, 4) is 11.8 Å². The predicted molar refractivity (Wildman–Crippen MR) is 70.2 cm³/mol. The SMILES string of the molecule is CC(C)(C#CC=CCBr)c1ccccc1. The smallest absolute Gasteiger partial charge is 0.0510 e. The third-order valence-corrected chi connectivity index (χ3v) is 2.54. The number of allylic oxidation sites excluding steroid dienone is 2. The van der Waals surface area contributed by atoms with Crippen LogP contribution in [-0.2, 0) is 5.41 Å². The van der Waals surface area contributed by atoms with Crippen molar-refractivity contribution in [3.05, 3.63) is 48.0 Å². The zero-order chi connectivity index (χ0) is 11.1. The summed E-state index contributed by atoms with van der Waals surface area (Å²) >= 11 is 3.32. The summed E-state index contributed by atoms with van der Waals surface area (Å²) in [7, 11) is 0. The molecular weight excluding hydrogens is 248 g/mol. The second kappa shape index (κ2) is 5.78. The minimum absolute atomic E-state index is 0.0854.